The molecule has 2 unspecified atom stereocenters. The van der Waals surface area contributed by atoms with E-state index in [1.54, 1.807) is 7.11 Å². The minimum Gasteiger partial charge on any atom is -0.497 e. The molecule has 0 spiro atoms. The zero-order chi connectivity index (χ0) is 17.6. The van der Waals surface area contributed by atoms with Gasteiger partial charge < -0.3 is 4.74 Å². The summed E-state index contributed by atoms with van der Waals surface area (Å²) >= 11 is 0. The first-order chi connectivity index (χ1) is 12.2. The van der Waals surface area contributed by atoms with Gasteiger partial charge in [-0.2, -0.15) is 5.10 Å². The van der Waals surface area contributed by atoms with Crippen LogP contribution < -0.4 is 21.0 Å². The highest BCUT2D eigenvalue weighted by atomic mass is 16.5. The number of amides is 1. The van der Waals surface area contributed by atoms with Gasteiger partial charge in [0.05, 0.1) is 12.8 Å². The van der Waals surface area contributed by atoms with Gasteiger partial charge in [0.15, 0.2) is 0 Å². The molecule has 0 bridgehead atoms. The number of carbonyl (C=O) groups is 1. The lowest BCUT2D eigenvalue weighted by Crippen LogP contribution is -2.41. The number of benzene rings is 2. The van der Waals surface area contributed by atoms with Crippen LogP contribution in [-0.2, 0) is 4.79 Å². The van der Waals surface area contributed by atoms with Crippen molar-refractivity contribution in [2.75, 3.05) is 7.11 Å². The molecule has 2 aromatic rings. The second-order valence-electron chi connectivity index (χ2n) is 5.94. The number of ether oxygens (including phenoxy) is 1. The maximum Gasteiger partial charge on any atom is 0.258 e. The maximum atomic E-state index is 12.3. The van der Waals surface area contributed by atoms with Crippen LogP contribution in [0.5, 0.6) is 5.75 Å². The fourth-order valence-electron chi connectivity index (χ4n) is 2.74. The van der Waals surface area contributed by atoms with Gasteiger partial charge in [0.1, 0.15) is 11.8 Å². The Morgan fingerprint density at radius 2 is 1.84 bits per heavy atom. The molecule has 1 aliphatic rings. The van der Waals surface area contributed by atoms with E-state index in [4.69, 9.17) is 4.74 Å². The molecular weight excluding hydrogens is 316 g/mol. The topological polar surface area (TPSA) is 74.8 Å². The zero-order valence-electron chi connectivity index (χ0n) is 14.3. The number of nitrogens with one attached hydrogen (secondary N) is 3. The standard InChI is InChI=1S/C19H22N4O2/c1-13(14-6-4-3-5-7-14)20-23-19(24)18-12-17(21-22-18)15-8-10-16(25-2)11-9-15/h3-11,17-18,21-22H,12H2,1-2H3,(H,23,24)/b20-13+. The Bertz CT molecular complexity index is 744. The van der Waals surface area contributed by atoms with Crippen LogP contribution in [-0.4, -0.2) is 24.8 Å². The van der Waals surface area contributed by atoms with Crippen LogP contribution in [0.1, 0.15) is 30.5 Å². The van der Waals surface area contributed by atoms with Crippen molar-refractivity contribution in [3.8, 4) is 5.75 Å². The molecular formula is C19H22N4O2. The van der Waals surface area contributed by atoms with E-state index in [-0.39, 0.29) is 18.0 Å². The van der Waals surface area contributed by atoms with E-state index >= 15 is 0 Å². The van der Waals surface area contributed by atoms with Crippen molar-refractivity contribution in [3.63, 3.8) is 0 Å². The van der Waals surface area contributed by atoms with Crippen LogP contribution in [0.4, 0.5) is 0 Å². The molecule has 6 nitrogen and oxygen atoms in total. The van der Waals surface area contributed by atoms with Gasteiger partial charge in [-0.3, -0.25) is 4.79 Å². The zero-order valence-corrected chi connectivity index (χ0v) is 14.3. The Kier molecular flexibility index (Phi) is 5.42. The van der Waals surface area contributed by atoms with Crippen LogP contribution in [0.3, 0.4) is 0 Å². The Balaban J connectivity index is 1.57. The second kappa shape index (κ2) is 7.92. The van der Waals surface area contributed by atoms with E-state index in [1.807, 2.05) is 61.5 Å². The summed E-state index contributed by atoms with van der Waals surface area (Å²) in [6.07, 6.45) is 0.651. The molecule has 130 valence electrons. The van der Waals surface area contributed by atoms with Gasteiger partial charge in [-0.1, -0.05) is 42.5 Å². The summed E-state index contributed by atoms with van der Waals surface area (Å²) in [5.41, 5.74) is 11.7. The van der Waals surface area contributed by atoms with Gasteiger partial charge in [-0.25, -0.2) is 16.3 Å². The first-order valence-electron chi connectivity index (χ1n) is 8.22. The summed E-state index contributed by atoms with van der Waals surface area (Å²) in [4.78, 5) is 12.3. The number of nitrogens with zero attached hydrogens (tertiary/aromatic N) is 1. The fourth-order valence-corrected chi connectivity index (χ4v) is 2.74. The smallest absolute Gasteiger partial charge is 0.258 e. The van der Waals surface area contributed by atoms with Gasteiger partial charge in [0.2, 0.25) is 0 Å². The van der Waals surface area contributed by atoms with E-state index in [0.717, 1.165) is 22.6 Å². The average molecular weight is 338 g/mol. The summed E-state index contributed by atoms with van der Waals surface area (Å²) in [6.45, 7) is 1.87. The third-order valence-corrected chi connectivity index (χ3v) is 4.26. The van der Waals surface area contributed by atoms with E-state index in [2.05, 4.69) is 21.4 Å². The summed E-state index contributed by atoms with van der Waals surface area (Å²) in [5.74, 6) is 0.661. The fraction of sp³-hybridized carbons (Fsp3) is 0.263. The number of methoxy groups -OCH3 is 1. The third-order valence-electron chi connectivity index (χ3n) is 4.26. The molecule has 25 heavy (non-hydrogen) atoms. The molecule has 1 aliphatic heterocycles. The van der Waals surface area contributed by atoms with Gasteiger partial charge in [0.25, 0.3) is 5.91 Å². The molecule has 3 N–H and O–H groups in total. The molecule has 1 amide bonds. The van der Waals surface area contributed by atoms with Crippen molar-refractivity contribution in [1.29, 1.82) is 0 Å². The highest BCUT2D eigenvalue weighted by Gasteiger charge is 2.30. The average Bonchev–Trinajstić information content (AvgIpc) is 3.17. The van der Waals surface area contributed by atoms with Crippen LogP contribution in [0, 0.1) is 0 Å². The minimum absolute atomic E-state index is 0.0702. The molecule has 1 heterocycles. The number of carbonyl (C=O) groups excluding carboxylic acids is 1. The molecule has 6 heteroatoms. The van der Waals surface area contributed by atoms with Crippen molar-refractivity contribution in [3.05, 3.63) is 65.7 Å². The van der Waals surface area contributed by atoms with Crippen molar-refractivity contribution in [2.45, 2.75) is 25.4 Å². The van der Waals surface area contributed by atoms with E-state index in [0.29, 0.717) is 6.42 Å². The molecule has 0 radical (unpaired) electrons. The maximum absolute atomic E-state index is 12.3. The van der Waals surface area contributed by atoms with Crippen molar-refractivity contribution in [1.82, 2.24) is 16.3 Å². The van der Waals surface area contributed by atoms with Gasteiger partial charge >= 0.3 is 0 Å². The van der Waals surface area contributed by atoms with E-state index < -0.39 is 0 Å². The SMILES string of the molecule is COc1ccc(C2CC(C(=O)N/N=C(\C)c3ccccc3)NN2)cc1. The minimum atomic E-state index is -0.334. The van der Waals surface area contributed by atoms with Gasteiger partial charge in [0, 0.05) is 6.04 Å². The summed E-state index contributed by atoms with van der Waals surface area (Å²) < 4.78 is 5.17. The molecule has 1 fully saturated rings. The predicted octanol–water partition coefficient (Wildman–Crippen LogP) is 2.14. The Morgan fingerprint density at radius 3 is 2.52 bits per heavy atom. The van der Waals surface area contributed by atoms with Crippen molar-refractivity contribution in [2.24, 2.45) is 5.10 Å². The molecule has 2 aromatic carbocycles. The van der Waals surface area contributed by atoms with Crippen LogP contribution in [0.15, 0.2) is 59.7 Å². The predicted molar refractivity (Wildman–Crippen MR) is 97.2 cm³/mol. The second-order valence-corrected chi connectivity index (χ2v) is 5.94. The number of hydrazine groups is 1. The number of hydrazone groups is 1. The first-order valence-corrected chi connectivity index (χ1v) is 8.22. The Morgan fingerprint density at radius 1 is 1.12 bits per heavy atom. The lowest BCUT2D eigenvalue weighted by atomic mass is 10.0. The summed E-state index contributed by atoms with van der Waals surface area (Å²) in [5, 5.41) is 4.19. The molecule has 0 saturated carbocycles. The quantitative estimate of drug-likeness (QED) is 0.577. The number of rotatable bonds is 5. The molecule has 1 saturated heterocycles. The molecule has 3 rings (SSSR count). The van der Waals surface area contributed by atoms with Crippen LogP contribution >= 0.6 is 0 Å². The third kappa shape index (κ3) is 4.23. The molecule has 2 atom stereocenters. The summed E-state index contributed by atoms with van der Waals surface area (Å²) in [6, 6.07) is 17.3. The van der Waals surface area contributed by atoms with Crippen molar-refractivity contribution >= 4 is 11.6 Å². The molecule has 0 aliphatic carbocycles. The lowest BCUT2D eigenvalue weighted by Gasteiger charge is -2.10. The van der Waals surface area contributed by atoms with E-state index in [1.165, 1.54) is 0 Å². The Labute approximate surface area is 147 Å². The van der Waals surface area contributed by atoms with Gasteiger partial charge in [-0.15, -0.1) is 0 Å². The summed E-state index contributed by atoms with van der Waals surface area (Å²) in [7, 11) is 1.64. The first kappa shape index (κ1) is 17.1. The highest BCUT2D eigenvalue weighted by molar-refractivity contribution is 5.99. The number of hydrogen-bond donors (Lipinski definition) is 3. The van der Waals surface area contributed by atoms with Crippen LogP contribution in [0.2, 0.25) is 0 Å². The van der Waals surface area contributed by atoms with Crippen molar-refractivity contribution < 1.29 is 9.53 Å². The normalized spacial score (nSPS) is 20.3. The molecule has 0 aromatic heterocycles. The highest BCUT2D eigenvalue weighted by Crippen LogP contribution is 2.24. The largest absolute Gasteiger partial charge is 0.497 e. The lowest BCUT2D eigenvalue weighted by molar-refractivity contribution is -0.122. The number of hydrogen-bond acceptors (Lipinski definition) is 5. The monoisotopic (exact) mass is 338 g/mol. The van der Waals surface area contributed by atoms with Gasteiger partial charge in [-0.05, 0) is 36.6 Å². The van der Waals surface area contributed by atoms with E-state index in [9.17, 15) is 4.79 Å². The Hall–Kier alpha value is -2.70. The van der Waals surface area contributed by atoms with Crippen LogP contribution in [0.25, 0.3) is 0 Å².